The lowest BCUT2D eigenvalue weighted by molar-refractivity contribution is 0.0520. The van der Waals surface area contributed by atoms with Gasteiger partial charge >= 0.3 is 5.97 Å². The van der Waals surface area contributed by atoms with Crippen molar-refractivity contribution in [2.45, 2.75) is 39.7 Å². The van der Waals surface area contributed by atoms with E-state index in [1.54, 1.807) is 0 Å². The minimum absolute atomic E-state index is 0.178. The topological polar surface area (TPSA) is 45.3 Å². The highest BCUT2D eigenvalue weighted by Crippen LogP contribution is 2.47. The van der Waals surface area contributed by atoms with E-state index < -0.39 is 11.5 Å². The van der Waals surface area contributed by atoms with Crippen LogP contribution in [0.15, 0.2) is 85.1 Å². The van der Waals surface area contributed by atoms with E-state index in [1.807, 2.05) is 43.3 Å². The predicted molar refractivity (Wildman–Crippen MR) is 162 cm³/mol. The molecule has 39 heavy (non-hydrogen) atoms. The van der Waals surface area contributed by atoms with Crippen molar-refractivity contribution in [3.8, 4) is 0 Å². The number of ether oxygens (including phenoxy) is 1. The maximum absolute atomic E-state index is 13.5. The largest absolute Gasteiger partial charge is 0.461 e. The zero-order chi connectivity index (χ0) is 27.7. The molecule has 0 spiro atoms. The fraction of sp³-hybridized carbons (Fsp3) is 0.242. The number of fused-ring (bicyclic) bond motifs is 1. The highest BCUT2D eigenvalue weighted by atomic mass is 35.5. The van der Waals surface area contributed by atoms with E-state index >= 15 is 0 Å². The molecule has 6 heteroatoms. The average Bonchev–Trinajstić information content (AvgIpc) is 3.19. The van der Waals surface area contributed by atoms with E-state index in [0.29, 0.717) is 15.7 Å². The molecule has 0 saturated heterocycles. The van der Waals surface area contributed by atoms with Crippen LogP contribution in [0.2, 0.25) is 10.0 Å². The van der Waals surface area contributed by atoms with Crippen molar-refractivity contribution in [3.05, 3.63) is 118 Å². The van der Waals surface area contributed by atoms with Crippen LogP contribution in [0.5, 0.6) is 0 Å². The Bertz CT molecular complexity index is 1570. The SMILES string of the molecule is CCOC(=O)c1[nH]c2cc(Cl)ccc2c1C1=C(c2ccccc2)C(C)CC=CN1C(C)(C)c1ccc(Cl)cc1. The molecule has 1 atom stereocenters. The molecule has 4 aromatic rings. The van der Waals surface area contributed by atoms with Gasteiger partial charge in [0.15, 0.2) is 0 Å². The molecule has 0 bridgehead atoms. The van der Waals surface area contributed by atoms with Crippen LogP contribution in [0.3, 0.4) is 0 Å². The van der Waals surface area contributed by atoms with Crippen molar-refractivity contribution in [2.24, 2.45) is 5.92 Å². The number of nitrogens with one attached hydrogen (secondary N) is 1. The molecule has 4 nitrogen and oxygen atoms in total. The van der Waals surface area contributed by atoms with E-state index in [1.165, 1.54) is 0 Å². The quantitative estimate of drug-likeness (QED) is 0.240. The summed E-state index contributed by atoms with van der Waals surface area (Å²) in [6.07, 6.45) is 5.22. The second-order valence-corrected chi connectivity index (χ2v) is 11.2. The van der Waals surface area contributed by atoms with Crippen LogP contribution < -0.4 is 0 Å². The van der Waals surface area contributed by atoms with Gasteiger partial charge in [0, 0.05) is 32.7 Å². The predicted octanol–water partition coefficient (Wildman–Crippen LogP) is 9.31. The summed E-state index contributed by atoms with van der Waals surface area (Å²) in [6, 6.07) is 24.1. The molecule has 0 fully saturated rings. The van der Waals surface area contributed by atoms with Crippen LogP contribution in [0.25, 0.3) is 22.2 Å². The number of H-pyrrole nitrogens is 1. The van der Waals surface area contributed by atoms with Gasteiger partial charge in [-0.3, -0.25) is 0 Å². The molecule has 1 unspecified atom stereocenters. The molecule has 1 N–H and O–H groups in total. The highest BCUT2D eigenvalue weighted by molar-refractivity contribution is 6.31. The van der Waals surface area contributed by atoms with Gasteiger partial charge in [-0.25, -0.2) is 4.79 Å². The van der Waals surface area contributed by atoms with Gasteiger partial charge in [0.25, 0.3) is 0 Å². The fourth-order valence-corrected chi connectivity index (χ4v) is 5.75. The first-order valence-corrected chi connectivity index (χ1v) is 14.0. The Hall–Kier alpha value is -3.47. The van der Waals surface area contributed by atoms with Crippen molar-refractivity contribution in [2.75, 3.05) is 6.61 Å². The van der Waals surface area contributed by atoms with Crippen LogP contribution in [0, 0.1) is 5.92 Å². The minimum Gasteiger partial charge on any atom is -0.461 e. The molecule has 1 aliphatic rings. The first kappa shape index (κ1) is 27.1. The number of benzene rings is 3. The van der Waals surface area contributed by atoms with Crippen molar-refractivity contribution in [1.29, 1.82) is 0 Å². The molecule has 1 aromatic heterocycles. The third kappa shape index (κ3) is 5.11. The van der Waals surface area contributed by atoms with Crippen molar-refractivity contribution < 1.29 is 9.53 Å². The molecule has 0 amide bonds. The number of allylic oxidation sites excluding steroid dienone is 2. The molecule has 0 aliphatic carbocycles. The molecule has 200 valence electrons. The number of carbonyl (C=O) groups is 1. The molecule has 0 radical (unpaired) electrons. The lowest BCUT2D eigenvalue weighted by Crippen LogP contribution is -2.37. The van der Waals surface area contributed by atoms with Gasteiger partial charge in [0.2, 0.25) is 0 Å². The van der Waals surface area contributed by atoms with E-state index in [4.69, 9.17) is 27.9 Å². The molecule has 2 heterocycles. The standard InChI is InChI=1S/C33H32Cl2N2O2/c1-5-39-32(38)30-29(26-18-17-25(35)20-27(26)36-30)31-28(22-11-7-6-8-12-22)21(2)10-9-19-37(31)33(3,4)23-13-15-24(34)16-14-23/h6-9,11-21,36H,5,10H2,1-4H3. The summed E-state index contributed by atoms with van der Waals surface area (Å²) in [5.74, 6) is -0.221. The van der Waals surface area contributed by atoms with Gasteiger partial charge in [0.1, 0.15) is 5.69 Å². The molecular formula is C33H32Cl2N2O2. The van der Waals surface area contributed by atoms with Crippen LogP contribution in [0.4, 0.5) is 0 Å². The molecule has 0 saturated carbocycles. The molecular weight excluding hydrogens is 527 g/mol. The number of halogens is 2. The van der Waals surface area contributed by atoms with Crippen LogP contribution >= 0.6 is 23.2 Å². The van der Waals surface area contributed by atoms with Crippen LogP contribution in [-0.2, 0) is 10.3 Å². The zero-order valence-corrected chi connectivity index (χ0v) is 24.1. The third-order valence-corrected chi connectivity index (χ3v) is 7.93. The number of esters is 1. The number of hydrogen-bond acceptors (Lipinski definition) is 3. The summed E-state index contributed by atoms with van der Waals surface area (Å²) in [7, 11) is 0. The van der Waals surface area contributed by atoms with Gasteiger partial charge in [-0.05, 0) is 74.1 Å². The van der Waals surface area contributed by atoms with Gasteiger partial charge in [-0.15, -0.1) is 0 Å². The Kier molecular flexibility index (Phi) is 7.61. The van der Waals surface area contributed by atoms with Gasteiger partial charge in [-0.2, -0.15) is 0 Å². The number of nitrogens with zero attached hydrogens (tertiary/aromatic N) is 1. The van der Waals surface area contributed by atoms with Gasteiger partial charge in [0.05, 0.1) is 17.8 Å². The number of aromatic nitrogens is 1. The Morgan fingerprint density at radius 3 is 2.41 bits per heavy atom. The first-order valence-electron chi connectivity index (χ1n) is 13.2. The number of rotatable bonds is 6. The summed E-state index contributed by atoms with van der Waals surface area (Å²) in [5, 5.41) is 2.19. The van der Waals surface area contributed by atoms with E-state index in [0.717, 1.165) is 45.3 Å². The Morgan fingerprint density at radius 1 is 1.03 bits per heavy atom. The van der Waals surface area contributed by atoms with E-state index in [-0.39, 0.29) is 12.5 Å². The number of carbonyl (C=O) groups excluding carboxylic acids is 1. The van der Waals surface area contributed by atoms with E-state index in [2.05, 4.69) is 79.3 Å². The normalized spacial score (nSPS) is 16.1. The summed E-state index contributed by atoms with van der Waals surface area (Å²) in [4.78, 5) is 19.1. The number of hydrogen-bond donors (Lipinski definition) is 1. The van der Waals surface area contributed by atoms with Gasteiger partial charge < -0.3 is 14.6 Å². The summed E-state index contributed by atoms with van der Waals surface area (Å²) in [5.41, 5.74) is 5.82. The maximum Gasteiger partial charge on any atom is 0.355 e. The third-order valence-electron chi connectivity index (χ3n) is 7.45. The second kappa shape index (κ2) is 11.0. The Morgan fingerprint density at radius 2 is 1.72 bits per heavy atom. The van der Waals surface area contributed by atoms with Gasteiger partial charge in [-0.1, -0.05) is 84.7 Å². The smallest absolute Gasteiger partial charge is 0.355 e. The first-order chi connectivity index (χ1) is 18.7. The Labute approximate surface area is 239 Å². The van der Waals surface area contributed by atoms with Crippen LogP contribution in [0.1, 0.15) is 61.3 Å². The minimum atomic E-state index is -0.498. The van der Waals surface area contributed by atoms with Crippen molar-refractivity contribution in [3.63, 3.8) is 0 Å². The lowest BCUT2D eigenvalue weighted by atomic mass is 9.85. The average molecular weight is 560 g/mol. The monoisotopic (exact) mass is 558 g/mol. The molecule has 5 rings (SSSR count). The number of aromatic amines is 1. The second-order valence-electron chi connectivity index (χ2n) is 10.4. The summed E-state index contributed by atoms with van der Waals surface area (Å²) < 4.78 is 5.56. The molecule has 1 aliphatic heterocycles. The maximum atomic E-state index is 13.5. The van der Waals surface area contributed by atoms with E-state index in [9.17, 15) is 4.79 Å². The zero-order valence-electron chi connectivity index (χ0n) is 22.6. The van der Waals surface area contributed by atoms with Crippen LogP contribution in [-0.4, -0.2) is 22.5 Å². The van der Waals surface area contributed by atoms with Crippen molar-refractivity contribution >= 4 is 51.3 Å². The highest BCUT2D eigenvalue weighted by Gasteiger charge is 2.37. The van der Waals surface area contributed by atoms with Crippen molar-refractivity contribution in [1.82, 2.24) is 9.88 Å². The lowest BCUT2D eigenvalue weighted by Gasteiger charge is -2.41. The summed E-state index contributed by atoms with van der Waals surface area (Å²) in [6.45, 7) is 8.71. The Balaban J connectivity index is 1.90. The fourth-order valence-electron chi connectivity index (χ4n) is 5.45. The molecule has 3 aromatic carbocycles. The summed E-state index contributed by atoms with van der Waals surface area (Å²) >= 11 is 12.7.